The number of aromatic carboxylic acids is 1. The van der Waals surface area contributed by atoms with Crippen molar-refractivity contribution < 1.29 is 70.6 Å². The van der Waals surface area contributed by atoms with Crippen LogP contribution < -0.4 is 19.5 Å². The third kappa shape index (κ3) is 16.5. The van der Waals surface area contributed by atoms with E-state index in [9.17, 15) is 33.8 Å². The van der Waals surface area contributed by atoms with Gasteiger partial charge in [0.1, 0.15) is 66.1 Å². The Kier molecular flexibility index (Phi) is 23.8. The number of carbonyl (C=O) groups excluding carboxylic acids is 3. The normalized spacial score (nSPS) is 25.1. The molecule has 0 aliphatic heterocycles. The molecular weight excluding hydrogens is 1550 g/mol. The zero-order chi connectivity index (χ0) is 84.3. The van der Waals surface area contributed by atoms with Gasteiger partial charge in [0, 0.05) is 76.1 Å². The van der Waals surface area contributed by atoms with Gasteiger partial charge < -0.3 is 39.2 Å². The Morgan fingerprint density at radius 2 is 0.672 bits per heavy atom. The van der Waals surface area contributed by atoms with Crippen LogP contribution in [0.15, 0.2) is 243 Å². The van der Waals surface area contributed by atoms with E-state index in [1.54, 1.807) is 67.1 Å². The summed E-state index contributed by atoms with van der Waals surface area (Å²) in [4.78, 5) is 60.1. The van der Waals surface area contributed by atoms with Crippen LogP contribution in [0.25, 0.3) is 0 Å². The second-order valence-electron chi connectivity index (χ2n) is 35.0. The van der Waals surface area contributed by atoms with Crippen molar-refractivity contribution in [2.24, 2.45) is 47.3 Å². The summed E-state index contributed by atoms with van der Waals surface area (Å²) >= 11 is 0. The van der Waals surface area contributed by atoms with E-state index in [0.29, 0.717) is 112 Å². The van der Waals surface area contributed by atoms with Crippen molar-refractivity contribution in [2.75, 3.05) is 14.2 Å². The summed E-state index contributed by atoms with van der Waals surface area (Å²) in [5, 5.41) is 21.9. The summed E-state index contributed by atoms with van der Waals surface area (Å²) in [5.74, 6) is 2.64. The lowest BCUT2D eigenvalue weighted by Gasteiger charge is -2.39. The number of esters is 2. The van der Waals surface area contributed by atoms with Crippen LogP contribution in [0.1, 0.15) is 219 Å². The number of carbonyl (C=O) groups is 4. The van der Waals surface area contributed by atoms with Crippen LogP contribution in [0.2, 0.25) is 0 Å². The Labute approximate surface area is 708 Å². The first-order chi connectivity index (χ1) is 59.3. The first-order valence-corrected chi connectivity index (χ1v) is 42.9. The minimum atomic E-state index is -0.950. The van der Waals surface area contributed by atoms with Crippen LogP contribution in [-0.4, -0.2) is 69.2 Å². The molecule has 8 aromatic carbocycles. The smallest absolute Gasteiger partial charge is 0.337 e. The highest BCUT2D eigenvalue weighted by molar-refractivity contribution is 5.94. The number of fused-ring (bicyclic) bond motifs is 8. The van der Waals surface area contributed by atoms with E-state index >= 15 is 13.2 Å². The number of phenols is 1. The van der Waals surface area contributed by atoms with Gasteiger partial charge >= 0.3 is 17.9 Å². The van der Waals surface area contributed by atoms with Crippen LogP contribution in [-0.2, 0) is 51.0 Å². The van der Waals surface area contributed by atoms with Crippen molar-refractivity contribution in [3.05, 3.63) is 350 Å². The first-order valence-electron chi connectivity index (χ1n) is 42.9. The number of aromatic hydroxyl groups is 1. The van der Waals surface area contributed by atoms with E-state index in [1.807, 2.05) is 152 Å². The summed E-state index contributed by atoms with van der Waals surface area (Å²) in [6, 6.07) is 67.2. The molecule has 20 rings (SSSR count). The van der Waals surface area contributed by atoms with Crippen molar-refractivity contribution >= 4 is 23.8 Å². The number of amides is 1. The van der Waals surface area contributed by atoms with Crippen molar-refractivity contribution in [1.82, 2.24) is 20.3 Å². The zero-order valence-electron chi connectivity index (χ0n) is 68.6. The van der Waals surface area contributed by atoms with E-state index in [4.69, 9.17) is 23.7 Å². The molecule has 9 saturated carbocycles. The number of pyridine rings is 3. The number of hydrogen-bond donors (Lipinski definition) is 3. The molecule has 9 fully saturated rings. The lowest BCUT2D eigenvalue weighted by atomic mass is 9.64. The standard InChI is InChI=1S/C29H29FN2O2.C27H26FNO3.C26H24FNO3.C21H21FO3/c30-27-16-25(34-18-24-3-1-2-14-31-24)12-13-26(27)29(17-19-4-7-22(29)15-19)21-8-5-20(6-9-21)28(33)32-23-10-11-23;1-31-26(30)19-6-9-20(10-7-19)27(16-18-5-8-21(27)14-18)24-12-11-23(15-25(24)28)32-17-22-4-2-3-13-29-22;27-24-14-22(31-16-21-3-1-2-12-28-21)10-11-23(24)26(15-17-4-7-20(26)13-17)19-8-5-18(6-9-19)25(29)30;1-25-20(24)14-3-6-15(7-4-14)21(12-13-2-5-16(21)10-13)18-9-8-17(23)11-19(18)22/h1-3,5-6,8-9,12-14,16,19,22-23H,4,7,10-11,15,17-18H2,(H,32,33);2-4,6-7,9-13,15,18,21H,5,8,14,16-17H2,1H3;1-3,5-6,8-12,14,17,20H,4,7,13,15-16H2,(H,29,30);3-4,6-9,11,13,16,23H,2,5,10,12H2,1H3. The van der Waals surface area contributed by atoms with Gasteiger partial charge in [-0.25, -0.2) is 31.9 Å². The summed E-state index contributed by atoms with van der Waals surface area (Å²) in [6.45, 7) is 0.885. The highest BCUT2D eigenvalue weighted by Gasteiger charge is 2.58. The highest BCUT2D eigenvalue weighted by Crippen LogP contribution is 2.65. The molecule has 9 aliphatic rings. The quantitative estimate of drug-likeness (QED) is 0.0427. The molecule has 11 aromatic rings. The highest BCUT2D eigenvalue weighted by atomic mass is 19.1. The molecule has 0 saturated heterocycles. The Balaban J connectivity index is 0.000000116. The number of benzene rings is 8. The number of methoxy groups -OCH3 is 2. The fourth-order valence-corrected chi connectivity index (χ4v) is 22.7. The van der Waals surface area contributed by atoms with Gasteiger partial charge in [0.05, 0.1) is 48.0 Å². The fraction of sp³-hybridized carbons (Fsp3) is 0.350. The maximum absolute atomic E-state index is 15.7. The van der Waals surface area contributed by atoms with Gasteiger partial charge in [-0.2, -0.15) is 0 Å². The van der Waals surface area contributed by atoms with Crippen LogP contribution in [0.4, 0.5) is 17.6 Å². The number of nitrogens with zero attached hydrogens (tertiary/aromatic N) is 3. The minimum absolute atomic E-state index is 0.0170. The minimum Gasteiger partial charge on any atom is -0.508 e. The molecule has 8 bridgehead atoms. The molecule has 19 heteroatoms. The second kappa shape index (κ2) is 35.2. The van der Waals surface area contributed by atoms with E-state index in [-0.39, 0.29) is 75.3 Å². The number of halogens is 4. The molecular formula is C103H100F4N4O11. The summed E-state index contributed by atoms with van der Waals surface area (Å²) in [6.07, 6.45) is 24.6. The van der Waals surface area contributed by atoms with Gasteiger partial charge in [0.2, 0.25) is 0 Å². The lowest BCUT2D eigenvalue weighted by molar-refractivity contribution is 0.0592. The van der Waals surface area contributed by atoms with Gasteiger partial charge in [-0.05, 0) is 291 Å². The summed E-state index contributed by atoms with van der Waals surface area (Å²) < 4.78 is 88.5. The van der Waals surface area contributed by atoms with Crippen molar-refractivity contribution in [2.45, 2.75) is 163 Å². The zero-order valence-corrected chi connectivity index (χ0v) is 68.6. The third-order valence-electron chi connectivity index (χ3n) is 28.3. The fourth-order valence-electron chi connectivity index (χ4n) is 22.7. The molecule has 0 spiro atoms. The molecule has 12 atom stereocenters. The summed E-state index contributed by atoms with van der Waals surface area (Å²) in [7, 11) is 2.74. The molecule has 626 valence electrons. The molecule has 12 unspecified atom stereocenters. The Bertz CT molecular complexity index is 5590. The predicted octanol–water partition coefficient (Wildman–Crippen LogP) is 21.5. The van der Waals surface area contributed by atoms with Gasteiger partial charge in [-0.3, -0.25) is 19.7 Å². The van der Waals surface area contributed by atoms with Gasteiger partial charge in [0.15, 0.2) is 0 Å². The molecule has 122 heavy (non-hydrogen) atoms. The Hall–Kier alpha value is -12.0. The van der Waals surface area contributed by atoms with E-state index in [1.165, 1.54) is 64.2 Å². The van der Waals surface area contributed by atoms with Crippen molar-refractivity contribution in [1.29, 1.82) is 0 Å². The first kappa shape index (κ1) is 82.3. The molecule has 15 nitrogen and oxygen atoms in total. The van der Waals surface area contributed by atoms with Crippen molar-refractivity contribution in [3.63, 3.8) is 0 Å². The number of hydrogen-bond acceptors (Lipinski definition) is 13. The number of carboxylic acids is 1. The number of rotatable bonds is 22. The molecule has 0 radical (unpaired) electrons. The van der Waals surface area contributed by atoms with E-state index in [0.717, 1.165) is 140 Å². The maximum Gasteiger partial charge on any atom is 0.337 e. The largest absolute Gasteiger partial charge is 0.508 e. The van der Waals surface area contributed by atoms with Gasteiger partial charge in [-0.15, -0.1) is 0 Å². The van der Waals surface area contributed by atoms with Crippen LogP contribution in [0.3, 0.4) is 0 Å². The maximum atomic E-state index is 15.7. The second-order valence-corrected chi connectivity index (χ2v) is 35.0. The Morgan fingerprint density at radius 3 is 0.926 bits per heavy atom. The summed E-state index contributed by atoms with van der Waals surface area (Å²) in [5.41, 5.74) is 9.85. The van der Waals surface area contributed by atoms with E-state index < -0.39 is 11.4 Å². The molecule has 9 aliphatic carbocycles. The molecule has 3 N–H and O–H groups in total. The molecule has 3 heterocycles. The van der Waals surface area contributed by atoms with Crippen LogP contribution in [0.5, 0.6) is 23.0 Å². The topological polar surface area (TPSA) is 206 Å². The average Bonchev–Trinajstić information content (AvgIpc) is 1.60. The average molecular weight is 1650 g/mol. The van der Waals surface area contributed by atoms with Crippen molar-refractivity contribution in [3.8, 4) is 23.0 Å². The number of nitrogens with one attached hydrogen (secondary N) is 1. The van der Waals surface area contributed by atoms with Gasteiger partial charge in [0.25, 0.3) is 5.91 Å². The van der Waals surface area contributed by atoms with E-state index in [2.05, 4.69) is 20.3 Å². The number of aromatic nitrogens is 3. The van der Waals surface area contributed by atoms with Crippen LogP contribution >= 0.6 is 0 Å². The third-order valence-corrected chi connectivity index (χ3v) is 28.3. The van der Waals surface area contributed by atoms with Crippen LogP contribution in [0, 0.1) is 70.6 Å². The lowest BCUT2D eigenvalue weighted by Crippen LogP contribution is -2.35. The SMILES string of the molecule is COC(=O)c1ccc(C2(c3ccc(O)cc3F)CC3CCC2C3)cc1.COC(=O)c1ccc(C2(c3ccc(OCc4ccccn4)cc3F)CC3CCC2C3)cc1.O=C(NC1CC1)c1ccc(C2(c3ccc(OCc4ccccn4)cc3F)CC3CCC2C3)cc1.O=C(O)c1ccc(C2(c3ccc(OCc4ccccn4)cc3F)CC3CCC2C3)cc1. The predicted molar refractivity (Wildman–Crippen MR) is 454 cm³/mol. The van der Waals surface area contributed by atoms with Gasteiger partial charge in [-0.1, -0.05) is 117 Å². The number of carboxylic acid groups (broad SMARTS) is 1. The Morgan fingerprint density at radius 1 is 0.369 bits per heavy atom. The number of phenolic OH excluding ortho intramolecular Hbond substituents is 1. The molecule has 3 aromatic heterocycles. The monoisotopic (exact) mass is 1640 g/mol. The number of ether oxygens (including phenoxy) is 5. The molecule has 1 amide bonds.